The molecular weight excluding hydrogens is 706 g/mol. The van der Waals surface area contributed by atoms with E-state index in [1.165, 1.54) is 0 Å². The van der Waals surface area contributed by atoms with E-state index in [1.807, 2.05) is 53.8 Å². The lowest BCUT2D eigenvalue weighted by atomic mass is 9.95. The number of hydrogen-bond donors (Lipinski definition) is 1. The number of imide groups is 2. The normalized spacial score (nSPS) is 18.9. The van der Waals surface area contributed by atoms with Gasteiger partial charge in [0.1, 0.15) is 6.04 Å². The number of likely N-dealkylation sites (tertiary alicyclic amines) is 1. The maximum absolute atomic E-state index is 13.5. The quantitative estimate of drug-likeness (QED) is 0.190. The number of halogens is 1. The summed E-state index contributed by atoms with van der Waals surface area (Å²) in [5.41, 5.74) is 8.51. The van der Waals surface area contributed by atoms with Crippen LogP contribution in [0.25, 0.3) is 16.1 Å². The molecule has 4 aliphatic heterocycles. The smallest absolute Gasteiger partial charge is 0.262 e. The first kappa shape index (κ1) is 35.4. The zero-order valence-corrected chi connectivity index (χ0v) is 30.8. The number of rotatable bonds is 7. The second-order valence-corrected chi connectivity index (χ2v) is 15.1. The van der Waals surface area contributed by atoms with Crippen LogP contribution in [0.15, 0.2) is 54.6 Å². The minimum Gasteiger partial charge on any atom is -0.339 e. The largest absolute Gasteiger partial charge is 0.339 e. The first-order valence-electron chi connectivity index (χ1n) is 18.2. The minimum absolute atomic E-state index is 0.0249. The Balaban J connectivity index is 0.842. The summed E-state index contributed by atoms with van der Waals surface area (Å²) in [4.78, 5) is 72.8. The van der Waals surface area contributed by atoms with E-state index >= 15 is 0 Å². The standard InChI is InChI=1S/C41H38ClN7O5/c1-23-24(2)48(45-37(23)28-8-9-34(43-3)33(42)18-28)20-25-4-6-27(7-5-25)39(52)47-14-12-26(13-15-47)19-46-21-29-16-31-32(17-30(29)22-46)41(54)49(40(31)53)35-10-11-36(50)44-38(35)51/h4-9,16-18,26,35H,10-15,19-22H2,1-2H3,(H,44,50,51). The van der Waals surface area contributed by atoms with Gasteiger partial charge in [0.05, 0.1) is 29.9 Å². The Morgan fingerprint density at radius 1 is 0.926 bits per heavy atom. The van der Waals surface area contributed by atoms with Crippen LogP contribution in [0.1, 0.15) is 84.7 Å². The number of carbonyl (C=O) groups excluding carboxylic acids is 5. The maximum Gasteiger partial charge on any atom is 0.262 e. The van der Waals surface area contributed by atoms with Gasteiger partial charge >= 0.3 is 0 Å². The van der Waals surface area contributed by atoms with E-state index in [-0.39, 0.29) is 18.7 Å². The van der Waals surface area contributed by atoms with E-state index in [0.29, 0.717) is 66.0 Å². The fourth-order valence-corrected chi connectivity index (χ4v) is 8.39. The summed E-state index contributed by atoms with van der Waals surface area (Å²) in [6.45, 7) is 15.4. The van der Waals surface area contributed by atoms with Crippen molar-refractivity contribution in [2.24, 2.45) is 5.92 Å². The lowest BCUT2D eigenvalue weighted by molar-refractivity contribution is -0.136. The first-order chi connectivity index (χ1) is 26.0. The number of carbonyl (C=O) groups is 5. The van der Waals surface area contributed by atoms with E-state index in [4.69, 9.17) is 23.3 Å². The summed E-state index contributed by atoms with van der Waals surface area (Å²) in [5.74, 6) is -1.54. The van der Waals surface area contributed by atoms with Crippen LogP contribution in [0.3, 0.4) is 0 Å². The highest BCUT2D eigenvalue weighted by atomic mass is 35.5. The molecule has 0 radical (unpaired) electrons. The Morgan fingerprint density at radius 3 is 2.20 bits per heavy atom. The van der Waals surface area contributed by atoms with Crippen molar-refractivity contribution < 1.29 is 24.0 Å². The highest BCUT2D eigenvalue weighted by Crippen LogP contribution is 2.35. The summed E-state index contributed by atoms with van der Waals surface area (Å²) in [5, 5.41) is 7.50. The summed E-state index contributed by atoms with van der Waals surface area (Å²) < 4.78 is 1.95. The van der Waals surface area contributed by atoms with Crippen molar-refractivity contribution in [3.63, 3.8) is 0 Å². The second-order valence-electron chi connectivity index (χ2n) is 14.7. The third-order valence-corrected chi connectivity index (χ3v) is 11.6. The molecule has 1 aromatic heterocycles. The molecular formula is C41H38ClN7O5. The molecule has 0 saturated carbocycles. The van der Waals surface area contributed by atoms with Crippen LogP contribution in [-0.2, 0) is 29.2 Å². The van der Waals surface area contributed by atoms with Crippen molar-refractivity contribution in [3.05, 3.63) is 116 Å². The third kappa shape index (κ3) is 6.37. The lowest BCUT2D eigenvalue weighted by Crippen LogP contribution is -2.54. The van der Waals surface area contributed by atoms with Crippen LogP contribution in [0.4, 0.5) is 5.69 Å². The first-order valence-corrected chi connectivity index (χ1v) is 18.6. The van der Waals surface area contributed by atoms with Gasteiger partial charge in [0.2, 0.25) is 17.5 Å². The van der Waals surface area contributed by atoms with Crippen molar-refractivity contribution in [1.29, 1.82) is 0 Å². The Bertz CT molecular complexity index is 2260. The molecule has 5 heterocycles. The highest BCUT2D eigenvalue weighted by Gasteiger charge is 2.45. The van der Waals surface area contributed by atoms with Crippen LogP contribution in [-0.4, -0.2) is 79.7 Å². The van der Waals surface area contributed by atoms with Crippen LogP contribution in [0.2, 0.25) is 5.02 Å². The van der Waals surface area contributed by atoms with E-state index in [9.17, 15) is 24.0 Å². The summed E-state index contributed by atoms with van der Waals surface area (Å²) in [7, 11) is 0. The van der Waals surface area contributed by atoms with Crippen LogP contribution >= 0.6 is 11.6 Å². The molecule has 1 unspecified atom stereocenters. The van der Waals surface area contributed by atoms with E-state index in [1.54, 1.807) is 24.3 Å². The predicted octanol–water partition coefficient (Wildman–Crippen LogP) is 5.69. The van der Waals surface area contributed by atoms with E-state index in [0.717, 1.165) is 63.5 Å². The molecule has 1 N–H and O–H groups in total. The Kier molecular flexibility index (Phi) is 9.16. The van der Waals surface area contributed by atoms with Crippen molar-refractivity contribution in [2.45, 2.75) is 65.2 Å². The monoisotopic (exact) mass is 743 g/mol. The molecule has 2 saturated heterocycles. The predicted molar refractivity (Wildman–Crippen MR) is 200 cm³/mol. The van der Waals surface area contributed by atoms with Crippen molar-refractivity contribution >= 4 is 46.8 Å². The number of hydrogen-bond acceptors (Lipinski definition) is 7. The molecule has 274 valence electrons. The summed E-state index contributed by atoms with van der Waals surface area (Å²) >= 11 is 6.30. The second kappa shape index (κ2) is 14.0. The van der Waals surface area contributed by atoms with Gasteiger partial charge in [-0.15, -0.1) is 0 Å². The average Bonchev–Trinajstić information content (AvgIpc) is 3.77. The molecule has 13 heteroatoms. The number of benzene rings is 3. The molecule has 3 aromatic carbocycles. The molecule has 0 aliphatic carbocycles. The van der Waals surface area contributed by atoms with Crippen LogP contribution in [0.5, 0.6) is 0 Å². The number of piperidine rings is 2. The molecule has 1 atom stereocenters. The molecule has 0 bridgehead atoms. The fraction of sp³-hybridized carbons (Fsp3) is 0.341. The topological polar surface area (TPSA) is 129 Å². The van der Waals surface area contributed by atoms with Gasteiger partial charge < -0.3 is 4.90 Å². The number of nitrogens with zero attached hydrogens (tertiary/aromatic N) is 6. The summed E-state index contributed by atoms with van der Waals surface area (Å²) in [6.07, 6.45) is 1.99. The van der Waals surface area contributed by atoms with Gasteiger partial charge in [-0.3, -0.25) is 43.8 Å². The SMILES string of the molecule is [C-]#[N+]c1ccc(-c2nn(Cc3ccc(C(=O)N4CCC(CN5Cc6cc7c(cc6C5)C(=O)N(C5CCC(=O)NC5=O)C7=O)CC4)cc3)c(C)c2C)cc1Cl. The molecule has 0 spiro atoms. The van der Waals surface area contributed by atoms with Gasteiger partial charge in [-0.25, -0.2) is 4.85 Å². The van der Waals surface area contributed by atoms with Gasteiger partial charge in [-0.05, 0) is 91.6 Å². The van der Waals surface area contributed by atoms with E-state index < -0.39 is 29.7 Å². The van der Waals surface area contributed by atoms with Crippen LogP contribution < -0.4 is 5.32 Å². The van der Waals surface area contributed by atoms with Crippen molar-refractivity contribution in [1.82, 2.24) is 29.8 Å². The van der Waals surface area contributed by atoms with Gasteiger partial charge in [0, 0.05) is 61.0 Å². The molecule has 2 fully saturated rings. The fourth-order valence-electron chi connectivity index (χ4n) is 8.17. The Labute approximate surface area is 317 Å². The third-order valence-electron chi connectivity index (χ3n) is 11.3. The van der Waals surface area contributed by atoms with Crippen LogP contribution in [0, 0.1) is 26.3 Å². The Hall–Kier alpha value is -5.64. The van der Waals surface area contributed by atoms with Crippen molar-refractivity contribution in [2.75, 3.05) is 19.6 Å². The van der Waals surface area contributed by atoms with Crippen molar-refractivity contribution in [3.8, 4) is 11.3 Å². The number of fused-ring (bicyclic) bond motifs is 2. The molecule has 12 nitrogen and oxygen atoms in total. The minimum atomic E-state index is -0.974. The maximum atomic E-state index is 13.5. The molecule has 4 aromatic rings. The Morgan fingerprint density at radius 2 is 1.59 bits per heavy atom. The van der Waals surface area contributed by atoms with Gasteiger partial charge in [0.25, 0.3) is 17.7 Å². The van der Waals surface area contributed by atoms with Gasteiger partial charge in [-0.2, -0.15) is 5.10 Å². The average molecular weight is 744 g/mol. The zero-order valence-electron chi connectivity index (χ0n) is 30.0. The molecule has 5 amide bonds. The number of nitrogens with one attached hydrogen (secondary N) is 1. The molecule has 4 aliphatic rings. The van der Waals surface area contributed by atoms with Gasteiger partial charge in [-0.1, -0.05) is 35.9 Å². The van der Waals surface area contributed by atoms with E-state index in [2.05, 4.69) is 15.1 Å². The molecule has 8 rings (SSSR count). The number of aromatic nitrogens is 2. The molecule has 54 heavy (non-hydrogen) atoms. The zero-order chi connectivity index (χ0) is 37.8. The van der Waals surface area contributed by atoms with Gasteiger partial charge in [0.15, 0.2) is 0 Å². The lowest BCUT2D eigenvalue weighted by Gasteiger charge is -2.34. The highest BCUT2D eigenvalue weighted by molar-refractivity contribution is 6.33. The number of amides is 5. The summed E-state index contributed by atoms with van der Waals surface area (Å²) in [6, 6.07) is 15.7.